The van der Waals surface area contributed by atoms with Crippen LogP contribution in [0.3, 0.4) is 0 Å². The molecule has 0 saturated carbocycles. The minimum atomic E-state index is -0.113. The number of aryl methyl sites for hydroxylation is 1. The van der Waals surface area contributed by atoms with Crippen LogP contribution in [0.15, 0.2) is 36.7 Å². The van der Waals surface area contributed by atoms with E-state index in [1.54, 1.807) is 24.5 Å². The van der Waals surface area contributed by atoms with Crippen LogP contribution in [0.1, 0.15) is 16.8 Å². The molecule has 6 heteroatoms. The smallest absolute Gasteiger partial charge is 0.142 e. The first kappa shape index (κ1) is 13.1. The fraction of sp³-hybridized carbons (Fsp3) is 0.0769. The van der Waals surface area contributed by atoms with E-state index in [1.807, 2.05) is 19.1 Å². The van der Waals surface area contributed by atoms with Gasteiger partial charge in [-0.05, 0) is 30.7 Å². The van der Waals surface area contributed by atoms with Gasteiger partial charge in [0.25, 0.3) is 0 Å². The lowest BCUT2D eigenvalue weighted by atomic mass is 10.1. The van der Waals surface area contributed by atoms with Crippen LogP contribution in [0.4, 0.5) is 5.82 Å². The summed E-state index contributed by atoms with van der Waals surface area (Å²) in [5.41, 5.74) is 7.47. The second-order valence-corrected chi connectivity index (χ2v) is 4.34. The van der Waals surface area contributed by atoms with Crippen LogP contribution in [0, 0.1) is 12.3 Å². The van der Waals surface area contributed by atoms with Crippen molar-refractivity contribution < 1.29 is 0 Å². The largest absolute Gasteiger partial charge is 0.382 e. The summed E-state index contributed by atoms with van der Waals surface area (Å²) >= 11 is 5.33. The third-order valence-electron chi connectivity index (χ3n) is 2.55. The summed E-state index contributed by atoms with van der Waals surface area (Å²) in [4.78, 5) is 8.72. The first-order valence-corrected chi connectivity index (χ1v) is 6.03. The second kappa shape index (κ2) is 5.53. The van der Waals surface area contributed by atoms with Gasteiger partial charge in [-0.3, -0.25) is 10.4 Å². The fourth-order valence-corrected chi connectivity index (χ4v) is 1.86. The molecule has 4 N–H and O–H groups in total. The molecule has 0 atom stereocenters. The monoisotopic (exact) mass is 271 g/mol. The third-order valence-corrected chi connectivity index (χ3v) is 2.87. The predicted molar refractivity (Wildman–Crippen MR) is 79.5 cm³/mol. The highest BCUT2D eigenvalue weighted by molar-refractivity contribution is 7.81. The van der Waals surface area contributed by atoms with E-state index < -0.39 is 0 Å². The number of thiocarbonyl (C=S) groups is 1. The molecular formula is C13H13N5S. The SMILES string of the molecule is Cc1cccnc1NC(=S)c1cccnc1C(=N)N. The summed E-state index contributed by atoms with van der Waals surface area (Å²) in [5, 5.41) is 10.6. The van der Waals surface area contributed by atoms with Gasteiger partial charge in [-0.25, -0.2) is 4.98 Å². The summed E-state index contributed by atoms with van der Waals surface area (Å²) in [6, 6.07) is 7.32. The molecule has 0 radical (unpaired) electrons. The minimum Gasteiger partial charge on any atom is -0.382 e. The quantitative estimate of drug-likeness (QED) is 0.450. The zero-order valence-corrected chi connectivity index (χ0v) is 11.2. The van der Waals surface area contributed by atoms with E-state index in [4.69, 9.17) is 23.4 Å². The number of hydrogen-bond donors (Lipinski definition) is 3. The lowest BCUT2D eigenvalue weighted by molar-refractivity contribution is 1.24. The zero-order valence-electron chi connectivity index (χ0n) is 10.3. The van der Waals surface area contributed by atoms with Crippen molar-refractivity contribution in [1.82, 2.24) is 9.97 Å². The van der Waals surface area contributed by atoms with E-state index in [-0.39, 0.29) is 5.84 Å². The summed E-state index contributed by atoms with van der Waals surface area (Å²) in [6.07, 6.45) is 3.27. The Hall–Kier alpha value is -2.34. The number of aromatic nitrogens is 2. The predicted octanol–water partition coefficient (Wildman–Crippen LogP) is 1.86. The molecule has 0 aromatic carbocycles. The van der Waals surface area contributed by atoms with Crippen LogP contribution in [-0.2, 0) is 0 Å². The molecule has 96 valence electrons. The Labute approximate surface area is 116 Å². The number of rotatable bonds is 3. The molecule has 2 heterocycles. The van der Waals surface area contributed by atoms with Crippen LogP contribution in [0.25, 0.3) is 0 Å². The molecule has 0 spiro atoms. The molecule has 0 aliphatic heterocycles. The molecular weight excluding hydrogens is 258 g/mol. The Morgan fingerprint density at radius 3 is 2.63 bits per heavy atom. The number of nitrogen functional groups attached to an aromatic ring is 1. The van der Waals surface area contributed by atoms with E-state index in [0.29, 0.717) is 22.1 Å². The highest BCUT2D eigenvalue weighted by Gasteiger charge is 2.12. The fourth-order valence-electron chi connectivity index (χ4n) is 1.59. The maximum Gasteiger partial charge on any atom is 0.142 e. The number of hydrogen-bond acceptors (Lipinski definition) is 4. The van der Waals surface area contributed by atoms with Gasteiger partial charge < -0.3 is 11.1 Å². The third kappa shape index (κ3) is 2.92. The number of pyridine rings is 2. The summed E-state index contributed by atoms with van der Waals surface area (Å²) in [6.45, 7) is 1.94. The van der Waals surface area contributed by atoms with E-state index in [9.17, 15) is 0 Å². The second-order valence-electron chi connectivity index (χ2n) is 3.94. The number of nitrogens with one attached hydrogen (secondary N) is 2. The average Bonchev–Trinajstić information content (AvgIpc) is 2.41. The van der Waals surface area contributed by atoms with E-state index in [0.717, 1.165) is 5.56 Å². The number of nitrogens with two attached hydrogens (primary N) is 1. The standard InChI is InChI=1S/C13H13N5S/c1-8-4-2-7-17-12(8)18-13(19)9-5-3-6-16-10(9)11(14)15/h2-7H,1H3,(H3,14,15)(H,17,18,19). The first-order valence-electron chi connectivity index (χ1n) is 5.62. The number of amidine groups is 1. The van der Waals surface area contributed by atoms with Crippen molar-refractivity contribution >= 4 is 28.9 Å². The van der Waals surface area contributed by atoms with Crippen LogP contribution in [0.5, 0.6) is 0 Å². The van der Waals surface area contributed by atoms with Gasteiger partial charge in [0.15, 0.2) is 0 Å². The van der Waals surface area contributed by atoms with Gasteiger partial charge in [0, 0.05) is 18.0 Å². The van der Waals surface area contributed by atoms with Crippen LogP contribution in [-0.4, -0.2) is 20.8 Å². The molecule has 5 nitrogen and oxygen atoms in total. The molecule has 0 unspecified atom stereocenters. The van der Waals surface area contributed by atoms with Crippen molar-refractivity contribution in [3.8, 4) is 0 Å². The zero-order chi connectivity index (χ0) is 13.8. The van der Waals surface area contributed by atoms with Gasteiger partial charge in [-0.2, -0.15) is 0 Å². The van der Waals surface area contributed by atoms with Crippen molar-refractivity contribution in [1.29, 1.82) is 5.41 Å². The van der Waals surface area contributed by atoms with Gasteiger partial charge >= 0.3 is 0 Å². The highest BCUT2D eigenvalue weighted by atomic mass is 32.1. The normalized spacial score (nSPS) is 9.95. The Kier molecular flexibility index (Phi) is 3.82. The maximum atomic E-state index is 7.50. The Balaban J connectivity index is 2.31. The molecule has 0 amide bonds. The molecule has 0 aliphatic rings. The summed E-state index contributed by atoms with van der Waals surface area (Å²) < 4.78 is 0. The molecule has 19 heavy (non-hydrogen) atoms. The van der Waals surface area contributed by atoms with Gasteiger partial charge in [-0.15, -0.1) is 0 Å². The highest BCUT2D eigenvalue weighted by Crippen LogP contribution is 2.13. The number of nitrogens with zero attached hydrogens (tertiary/aromatic N) is 2. The van der Waals surface area contributed by atoms with Crippen molar-refractivity contribution in [2.45, 2.75) is 6.92 Å². The van der Waals surface area contributed by atoms with Crippen molar-refractivity contribution in [2.24, 2.45) is 5.73 Å². The first-order chi connectivity index (χ1) is 9.09. The average molecular weight is 271 g/mol. The van der Waals surface area contributed by atoms with Crippen molar-refractivity contribution in [3.05, 3.63) is 53.5 Å². The van der Waals surface area contributed by atoms with Crippen molar-refractivity contribution in [2.75, 3.05) is 5.32 Å². The van der Waals surface area contributed by atoms with Crippen molar-refractivity contribution in [3.63, 3.8) is 0 Å². The van der Waals surface area contributed by atoms with Crippen LogP contribution < -0.4 is 11.1 Å². The Morgan fingerprint density at radius 2 is 1.95 bits per heavy atom. The maximum absolute atomic E-state index is 7.50. The summed E-state index contributed by atoms with van der Waals surface area (Å²) in [7, 11) is 0. The molecule has 2 aromatic heterocycles. The van der Waals surface area contributed by atoms with Gasteiger partial charge in [0.2, 0.25) is 0 Å². The van der Waals surface area contributed by atoms with Crippen LogP contribution in [0.2, 0.25) is 0 Å². The molecule has 2 rings (SSSR count). The summed E-state index contributed by atoms with van der Waals surface area (Å²) in [5.74, 6) is 0.573. The van der Waals surface area contributed by atoms with E-state index in [2.05, 4.69) is 15.3 Å². The van der Waals surface area contributed by atoms with Gasteiger partial charge in [-0.1, -0.05) is 18.3 Å². The van der Waals surface area contributed by atoms with E-state index >= 15 is 0 Å². The Bertz CT molecular complexity index is 638. The lowest BCUT2D eigenvalue weighted by Crippen LogP contribution is -2.21. The Morgan fingerprint density at radius 1 is 1.26 bits per heavy atom. The van der Waals surface area contributed by atoms with E-state index in [1.165, 1.54) is 0 Å². The van der Waals surface area contributed by atoms with Crippen LogP contribution >= 0.6 is 12.2 Å². The molecule has 0 bridgehead atoms. The molecule has 2 aromatic rings. The molecule has 0 saturated heterocycles. The topological polar surface area (TPSA) is 87.7 Å². The minimum absolute atomic E-state index is 0.113. The van der Waals surface area contributed by atoms with Gasteiger partial charge in [0.05, 0.1) is 0 Å². The molecule has 0 fully saturated rings. The number of anilines is 1. The lowest BCUT2D eigenvalue weighted by Gasteiger charge is -2.11. The van der Waals surface area contributed by atoms with Gasteiger partial charge in [0.1, 0.15) is 22.3 Å². The molecule has 0 aliphatic carbocycles.